The van der Waals surface area contributed by atoms with Crippen LogP contribution in [0.25, 0.3) is 0 Å². The summed E-state index contributed by atoms with van der Waals surface area (Å²) in [6, 6.07) is 1.42. The molecule has 1 rings (SSSR count). The van der Waals surface area contributed by atoms with Crippen molar-refractivity contribution in [1.82, 2.24) is 10.2 Å². The molecule has 15 heavy (non-hydrogen) atoms. The summed E-state index contributed by atoms with van der Waals surface area (Å²) in [4.78, 5) is 2.45. The van der Waals surface area contributed by atoms with E-state index in [4.69, 9.17) is 4.74 Å². The summed E-state index contributed by atoms with van der Waals surface area (Å²) in [5.74, 6) is 0. The molecular weight excluding hydrogens is 188 g/mol. The van der Waals surface area contributed by atoms with Gasteiger partial charge in [0.15, 0.2) is 0 Å². The van der Waals surface area contributed by atoms with Crippen LogP contribution in [0.5, 0.6) is 0 Å². The molecule has 90 valence electrons. The molecule has 0 aliphatic heterocycles. The second kappa shape index (κ2) is 7.20. The van der Waals surface area contributed by atoms with Gasteiger partial charge in [-0.1, -0.05) is 13.3 Å². The van der Waals surface area contributed by atoms with Gasteiger partial charge in [0.2, 0.25) is 0 Å². The van der Waals surface area contributed by atoms with E-state index in [9.17, 15) is 0 Å². The van der Waals surface area contributed by atoms with Crippen molar-refractivity contribution >= 4 is 0 Å². The van der Waals surface area contributed by atoms with Crippen LogP contribution < -0.4 is 5.32 Å². The zero-order valence-electron chi connectivity index (χ0n) is 10.5. The Morgan fingerprint density at radius 2 is 2.20 bits per heavy atom. The molecule has 1 aliphatic carbocycles. The monoisotopic (exact) mass is 214 g/mol. The second-order valence-corrected chi connectivity index (χ2v) is 4.53. The van der Waals surface area contributed by atoms with Gasteiger partial charge in [0.25, 0.3) is 0 Å². The minimum absolute atomic E-state index is 0.701. The molecule has 0 saturated heterocycles. The summed E-state index contributed by atoms with van der Waals surface area (Å²) < 4.78 is 5.13. The molecule has 3 nitrogen and oxygen atoms in total. The third kappa shape index (κ3) is 4.09. The maximum atomic E-state index is 5.13. The average molecular weight is 214 g/mol. The normalized spacial score (nSPS) is 26.4. The molecule has 0 heterocycles. The van der Waals surface area contributed by atoms with Gasteiger partial charge in [0.1, 0.15) is 0 Å². The molecule has 0 aromatic rings. The number of rotatable bonds is 7. The van der Waals surface area contributed by atoms with Crippen LogP contribution in [0.2, 0.25) is 0 Å². The van der Waals surface area contributed by atoms with Gasteiger partial charge in [-0.15, -0.1) is 0 Å². The maximum Gasteiger partial charge on any atom is 0.0589 e. The lowest BCUT2D eigenvalue weighted by Crippen LogP contribution is -2.46. The summed E-state index contributed by atoms with van der Waals surface area (Å²) in [6.07, 6.45) is 5.26. The minimum Gasteiger partial charge on any atom is -0.383 e. The highest BCUT2D eigenvalue weighted by atomic mass is 16.5. The highest BCUT2D eigenvalue weighted by Gasteiger charge is 2.29. The fourth-order valence-corrected chi connectivity index (χ4v) is 2.44. The van der Waals surface area contributed by atoms with Crippen molar-refractivity contribution in [1.29, 1.82) is 0 Å². The Balaban J connectivity index is 2.30. The van der Waals surface area contributed by atoms with E-state index in [0.717, 1.165) is 19.7 Å². The minimum atomic E-state index is 0.701. The van der Waals surface area contributed by atoms with E-state index in [-0.39, 0.29) is 0 Å². The van der Waals surface area contributed by atoms with Crippen molar-refractivity contribution in [3.8, 4) is 0 Å². The van der Waals surface area contributed by atoms with Crippen molar-refractivity contribution in [2.75, 3.05) is 33.9 Å². The molecule has 3 heteroatoms. The first-order valence-corrected chi connectivity index (χ1v) is 6.22. The fourth-order valence-electron chi connectivity index (χ4n) is 2.44. The predicted octanol–water partition coefficient (Wildman–Crippen LogP) is 1.49. The number of hydrogen-bond acceptors (Lipinski definition) is 3. The van der Waals surface area contributed by atoms with Gasteiger partial charge in [-0.2, -0.15) is 0 Å². The Kier molecular flexibility index (Phi) is 6.22. The number of nitrogens with one attached hydrogen (secondary N) is 1. The third-order valence-electron chi connectivity index (χ3n) is 3.35. The molecule has 0 radical (unpaired) electrons. The number of nitrogens with zero attached hydrogens (tertiary/aromatic N) is 1. The molecule has 0 spiro atoms. The van der Waals surface area contributed by atoms with Gasteiger partial charge in [-0.3, -0.25) is 4.90 Å². The van der Waals surface area contributed by atoms with E-state index >= 15 is 0 Å². The van der Waals surface area contributed by atoms with Crippen LogP contribution in [-0.2, 0) is 4.74 Å². The molecule has 2 unspecified atom stereocenters. The Bertz CT molecular complexity index is 164. The average Bonchev–Trinajstić information content (AvgIpc) is 2.71. The van der Waals surface area contributed by atoms with Crippen molar-refractivity contribution in [3.63, 3.8) is 0 Å². The summed E-state index contributed by atoms with van der Waals surface area (Å²) in [5, 5.41) is 3.66. The van der Waals surface area contributed by atoms with E-state index in [1.807, 2.05) is 0 Å². The van der Waals surface area contributed by atoms with Crippen molar-refractivity contribution < 1.29 is 4.74 Å². The largest absolute Gasteiger partial charge is 0.383 e. The summed E-state index contributed by atoms with van der Waals surface area (Å²) >= 11 is 0. The van der Waals surface area contributed by atoms with E-state index in [1.54, 1.807) is 7.11 Å². The SMILES string of the molecule is CCCNC1CCCC1N(C)CCOC. The van der Waals surface area contributed by atoms with Crippen LogP contribution in [0.4, 0.5) is 0 Å². The molecular formula is C12H26N2O. The number of ether oxygens (including phenoxy) is 1. The smallest absolute Gasteiger partial charge is 0.0589 e. The number of likely N-dealkylation sites (N-methyl/N-ethyl adjacent to an activating group) is 1. The summed E-state index contributed by atoms with van der Waals surface area (Å²) in [6.45, 7) is 5.27. The first-order chi connectivity index (χ1) is 7.29. The Morgan fingerprint density at radius 3 is 2.87 bits per heavy atom. The Morgan fingerprint density at radius 1 is 1.40 bits per heavy atom. The van der Waals surface area contributed by atoms with Crippen LogP contribution in [0.15, 0.2) is 0 Å². The Hall–Kier alpha value is -0.120. The van der Waals surface area contributed by atoms with Crippen LogP contribution in [0, 0.1) is 0 Å². The van der Waals surface area contributed by atoms with Gasteiger partial charge in [0.05, 0.1) is 6.61 Å². The zero-order valence-corrected chi connectivity index (χ0v) is 10.5. The van der Waals surface area contributed by atoms with Crippen LogP contribution in [-0.4, -0.2) is 50.8 Å². The Labute approximate surface area is 94.2 Å². The lowest BCUT2D eigenvalue weighted by Gasteiger charge is -2.30. The lowest BCUT2D eigenvalue weighted by molar-refractivity contribution is 0.130. The van der Waals surface area contributed by atoms with E-state index in [0.29, 0.717) is 12.1 Å². The van der Waals surface area contributed by atoms with Crippen LogP contribution in [0.3, 0.4) is 0 Å². The zero-order chi connectivity index (χ0) is 11.1. The standard InChI is InChI=1S/C12H26N2O/c1-4-8-13-11-6-5-7-12(11)14(2)9-10-15-3/h11-13H,4-10H2,1-3H3. The molecule has 0 amide bonds. The molecule has 1 fully saturated rings. The number of hydrogen-bond donors (Lipinski definition) is 1. The first kappa shape index (κ1) is 12.9. The molecule has 1 saturated carbocycles. The topological polar surface area (TPSA) is 24.5 Å². The molecule has 0 aromatic heterocycles. The van der Waals surface area contributed by atoms with Gasteiger partial charge in [-0.25, -0.2) is 0 Å². The van der Waals surface area contributed by atoms with Gasteiger partial charge in [0, 0.05) is 25.7 Å². The fraction of sp³-hybridized carbons (Fsp3) is 1.00. The van der Waals surface area contributed by atoms with E-state index in [2.05, 4.69) is 24.2 Å². The highest BCUT2D eigenvalue weighted by Crippen LogP contribution is 2.23. The molecule has 1 aliphatic rings. The van der Waals surface area contributed by atoms with Gasteiger partial charge >= 0.3 is 0 Å². The summed E-state index contributed by atoms with van der Waals surface area (Å²) in [5.41, 5.74) is 0. The second-order valence-electron chi connectivity index (χ2n) is 4.53. The molecule has 1 N–H and O–H groups in total. The van der Waals surface area contributed by atoms with E-state index in [1.165, 1.54) is 25.7 Å². The molecule has 0 aromatic carbocycles. The lowest BCUT2D eigenvalue weighted by atomic mass is 10.1. The molecule has 2 atom stereocenters. The number of methoxy groups -OCH3 is 1. The summed E-state index contributed by atoms with van der Waals surface area (Å²) in [7, 11) is 3.99. The first-order valence-electron chi connectivity index (χ1n) is 6.22. The maximum absolute atomic E-state index is 5.13. The van der Waals surface area contributed by atoms with E-state index < -0.39 is 0 Å². The van der Waals surface area contributed by atoms with Crippen molar-refractivity contribution in [2.24, 2.45) is 0 Å². The van der Waals surface area contributed by atoms with Gasteiger partial charge in [-0.05, 0) is 32.9 Å². The highest BCUT2D eigenvalue weighted by molar-refractivity contribution is 4.89. The predicted molar refractivity (Wildman–Crippen MR) is 64.2 cm³/mol. The van der Waals surface area contributed by atoms with Crippen LogP contribution >= 0.6 is 0 Å². The third-order valence-corrected chi connectivity index (χ3v) is 3.35. The van der Waals surface area contributed by atoms with Crippen molar-refractivity contribution in [3.05, 3.63) is 0 Å². The van der Waals surface area contributed by atoms with Gasteiger partial charge < -0.3 is 10.1 Å². The van der Waals surface area contributed by atoms with Crippen molar-refractivity contribution in [2.45, 2.75) is 44.7 Å². The quantitative estimate of drug-likeness (QED) is 0.695. The molecule has 0 bridgehead atoms. The van der Waals surface area contributed by atoms with Crippen LogP contribution in [0.1, 0.15) is 32.6 Å².